The quantitative estimate of drug-likeness (QED) is 0.359. The van der Waals surface area contributed by atoms with Crippen molar-refractivity contribution in [2.75, 3.05) is 11.9 Å². The standard InChI is InChI=1S/C22H19ClN4O4S/c23-16-4-2-1-3-13(16)11-32-22-26-20-19(21(30)27-22)15(9-18(29)25-20)12-5-7-14(8-6-12)31-10-17(24)28/h1-8,15H,9-11H2,(H2,24,28)(H2,25,26,27,29,30)/t15-/m0/s1. The van der Waals surface area contributed by atoms with Crippen LogP contribution in [0.2, 0.25) is 5.02 Å². The van der Waals surface area contributed by atoms with Gasteiger partial charge in [0, 0.05) is 23.1 Å². The summed E-state index contributed by atoms with van der Waals surface area (Å²) in [6.45, 7) is -0.230. The third-order valence-corrected chi connectivity index (χ3v) is 6.21. The summed E-state index contributed by atoms with van der Waals surface area (Å²) in [5.41, 5.74) is 6.85. The van der Waals surface area contributed by atoms with Crippen LogP contribution in [0.15, 0.2) is 58.5 Å². The number of thioether (sulfide) groups is 1. The average molecular weight is 471 g/mol. The molecule has 164 valence electrons. The molecule has 1 aliphatic rings. The molecule has 0 saturated carbocycles. The highest BCUT2D eigenvalue weighted by Crippen LogP contribution is 2.35. The number of ether oxygens (including phenoxy) is 1. The molecule has 1 aromatic heterocycles. The zero-order valence-electron chi connectivity index (χ0n) is 16.8. The summed E-state index contributed by atoms with van der Waals surface area (Å²) in [4.78, 5) is 43.4. The van der Waals surface area contributed by atoms with Crippen molar-refractivity contribution >= 4 is 41.0 Å². The number of primary amides is 1. The van der Waals surface area contributed by atoms with E-state index in [1.807, 2.05) is 18.2 Å². The monoisotopic (exact) mass is 470 g/mol. The van der Waals surface area contributed by atoms with E-state index in [4.69, 9.17) is 22.1 Å². The summed E-state index contributed by atoms with van der Waals surface area (Å²) < 4.78 is 5.27. The van der Waals surface area contributed by atoms with Crippen LogP contribution in [0.25, 0.3) is 0 Å². The number of fused-ring (bicyclic) bond motifs is 1. The van der Waals surface area contributed by atoms with E-state index in [0.717, 1.165) is 11.1 Å². The number of hydrogen-bond acceptors (Lipinski definition) is 6. The van der Waals surface area contributed by atoms with E-state index >= 15 is 0 Å². The molecule has 0 saturated heterocycles. The van der Waals surface area contributed by atoms with Crippen LogP contribution >= 0.6 is 23.4 Å². The number of benzene rings is 2. The number of carbonyl (C=O) groups excluding carboxylic acids is 2. The Labute approximate surface area is 192 Å². The highest BCUT2D eigenvalue weighted by Gasteiger charge is 2.31. The van der Waals surface area contributed by atoms with Crippen molar-refractivity contribution < 1.29 is 14.3 Å². The van der Waals surface area contributed by atoms with Crippen molar-refractivity contribution in [3.8, 4) is 5.75 Å². The summed E-state index contributed by atoms with van der Waals surface area (Å²) in [5.74, 6) is -0.0182. The van der Waals surface area contributed by atoms with Gasteiger partial charge in [-0.05, 0) is 29.3 Å². The van der Waals surface area contributed by atoms with E-state index in [9.17, 15) is 14.4 Å². The molecule has 0 aliphatic carbocycles. The number of aromatic nitrogens is 2. The third kappa shape index (κ3) is 4.95. The Hall–Kier alpha value is -3.30. The van der Waals surface area contributed by atoms with E-state index < -0.39 is 11.8 Å². The van der Waals surface area contributed by atoms with Gasteiger partial charge < -0.3 is 20.8 Å². The normalized spacial score (nSPS) is 15.0. The lowest BCUT2D eigenvalue weighted by atomic mass is 9.87. The number of nitrogens with one attached hydrogen (secondary N) is 2. The van der Waals surface area contributed by atoms with Crippen LogP contribution < -0.4 is 21.3 Å². The molecule has 0 fully saturated rings. The number of rotatable bonds is 7. The molecule has 0 bridgehead atoms. The molecular formula is C22H19ClN4O4S. The molecule has 10 heteroatoms. The molecule has 8 nitrogen and oxygen atoms in total. The van der Waals surface area contributed by atoms with Gasteiger partial charge in [0.1, 0.15) is 11.6 Å². The fourth-order valence-corrected chi connectivity index (χ4v) is 4.56. The second-order valence-electron chi connectivity index (χ2n) is 7.14. The topological polar surface area (TPSA) is 127 Å². The second kappa shape index (κ2) is 9.46. The fourth-order valence-electron chi connectivity index (χ4n) is 3.42. The maximum Gasteiger partial charge on any atom is 0.257 e. The van der Waals surface area contributed by atoms with Gasteiger partial charge in [-0.25, -0.2) is 4.98 Å². The van der Waals surface area contributed by atoms with E-state index in [0.29, 0.717) is 27.2 Å². The zero-order valence-corrected chi connectivity index (χ0v) is 18.3. The van der Waals surface area contributed by atoms with Crippen molar-refractivity contribution in [3.63, 3.8) is 0 Å². The second-order valence-corrected chi connectivity index (χ2v) is 8.51. The van der Waals surface area contributed by atoms with Crippen LogP contribution in [0, 0.1) is 0 Å². The van der Waals surface area contributed by atoms with Gasteiger partial charge in [0.25, 0.3) is 11.5 Å². The molecule has 4 N–H and O–H groups in total. The zero-order chi connectivity index (χ0) is 22.7. The van der Waals surface area contributed by atoms with Gasteiger partial charge in [0.15, 0.2) is 11.8 Å². The molecule has 3 aromatic rings. The lowest BCUT2D eigenvalue weighted by Gasteiger charge is -2.24. The minimum atomic E-state index is -0.576. The molecule has 0 unspecified atom stereocenters. The van der Waals surface area contributed by atoms with Crippen LogP contribution in [-0.4, -0.2) is 28.4 Å². The summed E-state index contributed by atoms with van der Waals surface area (Å²) in [5, 5.41) is 3.74. The predicted molar refractivity (Wildman–Crippen MR) is 122 cm³/mol. The number of hydrogen-bond donors (Lipinski definition) is 3. The molecule has 1 aliphatic heterocycles. The Balaban J connectivity index is 1.58. The number of anilines is 1. The Kier molecular flexibility index (Phi) is 6.48. The predicted octanol–water partition coefficient (Wildman–Crippen LogP) is 3.05. The molecule has 4 rings (SSSR count). The first-order valence-corrected chi connectivity index (χ1v) is 11.1. The minimum Gasteiger partial charge on any atom is -0.484 e. The largest absolute Gasteiger partial charge is 0.484 e. The van der Waals surface area contributed by atoms with Crippen LogP contribution in [0.5, 0.6) is 5.75 Å². The van der Waals surface area contributed by atoms with Crippen molar-refractivity contribution in [1.29, 1.82) is 0 Å². The lowest BCUT2D eigenvalue weighted by Crippen LogP contribution is -2.31. The van der Waals surface area contributed by atoms with E-state index in [1.54, 1.807) is 30.3 Å². The Bertz CT molecular complexity index is 1230. The van der Waals surface area contributed by atoms with Crippen molar-refractivity contribution in [2.24, 2.45) is 5.73 Å². The first kappa shape index (κ1) is 21.9. The van der Waals surface area contributed by atoms with Crippen molar-refractivity contribution in [3.05, 3.63) is 80.6 Å². The van der Waals surface area contributed by atoms with Gasteiger partial charge in [0.2, 0.25) is 5.91 Å². The summed E-state index contributed by atoms with van der Waals surface area (Å²) in [6, 6.07) is 14.3. The average Bonchev–Trinajstić information content (AvgIpc) is 2.76. The van der Waals surface area contributed by atoms with Crippen molar-refractivity contribution in [2.45, 2.75) is 23.2 Å². The highest BCUT2D eigenvalue weighted by atomic mass is 35.5. The molecule has 0 radical (unpaired) electrons. The Morgan fingerprint density at radius 1 is 1.19 bits per heavy atom. The molecular weight excluding hydrogens is 452 g/mol. The molecule has 1 atom stereocenters. The number of carbonyl (C=O) groups is 2. The maximum atomic E-state index is 12.9. The Morgan fingerprint density at radius 3 is 2.66 bits per heavy atom. The minimum absolute atomic E-state index is 0.116. The smallest absolute Gasteiger partial charge is 0.257 e. The molecule has 2 aromatic carbocycles. The maximum absolute atomic E-state index is 12.9. The van der Waals surface area contributed by atoms with Crippen molar-refractivity contribution in [1.82, 2.24) is 9.97 Å². The highest BCUT2D eigenvalue weighted by molar-refractivity contribution is 7.98. The van der Waals surface area contributed by atoms with Gasteiger partial charge in [-0.15, -0.1) is 0 Å². The molecule has 0 spiro atoms. The first-order chi connectivity index (χ1) is 15.4. The number of aromatic amines is 1. The number of nitrogens with zero attached hydrogens (tertiary/aromatic N) is 1. The van der Waals surface area contributed by atoms with Gasteiger partial charge in [-0.1, -0.05) is 53.7 Å². The number of nitrogens with two attached hydrogens (primary N) is 1. The van der Waals surface area contributed by atoms with E-state index in [1.165, 1.54) is 11.8 Å². The van der Waals surface area contributed by atoms with Gasteiger partial charge >= 0.3 is 0 Å². The molecule has 32 heavy (non-hydrogen) atoms. The summed E-state index contributed by atoms with van der Waals surface area (Å²) in [7, 11) is 0. The van der Waals surface area contributed by atoms with Gasteiger partial charge in [0.05, 0.1) is 5.56 Å². The summed E-state index contributed by atoms with van der Waals surface area (Å²) in [6.07, 6.45) is 0.116. The van der Waals surface area contributed by atoms with Crippen LogP contribution in [0.1, 0.15) is 29.0 Å². The fraction of sp³-hybridized carbons (Fsp3) is 0.182. The molecule has 2 heterocycles. The number of halogens is 1. The van der Waals surface area contributed by atoms with Crippen LogP contribution in [-0.2, 0) is 15.3 Å². The third-order valence-electron chi connectivity index (χ3n) is 4.92. The van der Waals surface area contributed by atoms with E-state index in [2.05, 4.69) is 15.3 Å². The van der Waals surface area contributed by atoms with Gasteiger partial charge in [-0.2, -0.15) is 0 Å². The van der Waals surface area contributed by atoms with E-state index in [-0.39, 0.29) is 30.3 Å². The lowest BCUT2D eigenvalue weighted by molar-refractivity contribution is -0.120. The van der Waals surface area contributed by atoms with Crippen LogP contribution in [0.4, 0.5) is 5.82 Å². The Morgan fingerprint density at radius 2 is 1.94 bits per heavy atom. The summed E-state index contributed by atoms with van der Waals surface area (Å²) >= 11 is 7.52. The number of amides is 2. The van der Waals surface area contributed by atoms with Crippen LogP contribution in [0.3, 0.4) is 0 Å². The molecule has 2 amide bonds. The SMILES string of the molecule is NC(=O)COc1ccc([C@@H]2CC(=O)Nc3nc(SCc4ccccc4Cl)[nH]c(=O)c32)cc1. The number of H-pyrrole nitrogens is 1. The van der Waals surface area contributed by atoms with Gasteiger partial charge in [-0.3, -0.25) is 14.4 Å². The first-order valence-electron chi connectivity index (χ1n) is 9.72.